The highest BCUT2D eigenvalue weighted by atomic mass is 19.1. The molecule has 0 amide bonds. The third kappa shape index (κ3) is 2.03. The van der Waals surface area contributed by atoms with Crippen LogP contribution in [0.25, 0.3) is 27.5 Å². The first kappa shape index (κ1) is 13.6. The molecule has 0 aliphatic heterocycles. The predicted molar refractivity (Wildman–Crippen MR) is 88.2 cm³/mol. The molecule has 0 aliphatic carbocycles. The average Bonchev–Trinajstić information content (AvgIpc) is 2.91. The van der Waals surface area contributed by atoms with Gasteiger partial charge >= 0.3 is 0 Å². The zero-order valence-corrected chi connectivity index (χ0v) is 12.5. The molecule has 0 bridgehead atoms. The van der Waals surface area contributed by atoms with Gasteiger partial charge in [0.15, 0.2) is 6.29 Å². The molecule has 4 rings (SSSR count). The zero-order valence-electron chi connectivity index (χ0n) is 12.5. The summed E-state index contributed by atoms with van der Waals surface area (Å²) in [4.78, 5) is 11.5. The van der Waals surface area contributed by atoms with Crippen molar-refractivity contribution in [1.82, 2.24) is 9.61 Å². The van der Waals surface area contributed by atoms with Crippen LogP contribution in [0.15, 0.2) is 54.6 Å². The summed E-state index contributed by atoms with van der Waals surface area (Å²) in [5, 5.41) is 6.51. The molecule has 0 aliphatic rings. The van der Waals surface area contributed by atoms with Crippen molar-refractivity contribution in [3.8, 4) is 11.3 Å². The molecular weight excluding hydrogens is 291 g/mol. The van der Waals surface area contributed by atoms with Gasteiger partial charge in [0.2, 0.25) is 0 Å². The second-order valence-electron chi connectivity index (χ2n) is 5.50. The Kier molecular flexibility index (Phi) is 2.98. The van der Waals surface area contributed by atoms with Crippen LogP contribution in [0.3, 0.4) is 0 Å². The smallest absolute Gasteiger partial charge is 0.154 e. The Balaban J connectivity index is 2.19. The summed E-state index contributed by atoms with van der Waals surface area (Å²) in [6.45, 7) is 1.82. The largest absolute Gasteiger partial charge is 0.298 e. The number of aldehydes is 1. The second-order valence-corrected chi connectivity index (χ2v) is 5.50. The van der Waals surface area contributed by atoms with Gasteiger partial charge in [-0.05, 0) is 42.6 Å². The van der Waals surface area contributed by atoms with Crippen LogP contribution in [-0.4, -0.2) is 15.9 Å². The van der Waals surface area contributed by atoms with E-state index in [1.54, 1.807) is 16.6 Å². The minimum absolute atomic E-state index is 0.281. The van der Waals surface area contributed by atoms with Crippen LogP contribution in [-0.2, 0) is 0 Å². The van der Waals surface area contributed by atoms with Gasteiger partial charge in [0, 0.05) is 10.9 Å². The number of hydrogen-bond donors (Lipinski definition) is 0. The van der Waals surface area contributed by atoms with Crippen LogP contribution in [0.1, 0.15) is 16.1 Å². The fourth-order valence-corrected chi connectivity index (χ4v) is 2.99. The van der Waals surface area contributed by atoms with Gasteiger partial charge in [-0.25, -0.2) is 8.91 Å². The maximum absolute atomic E-state index is 13.2. The quantitative estimate of drug-likeness (QED) is 0.514. The molecule has 2 heterocycles. The van der Waals surface area contributed by atoms with Crippen LogP contribution >= 0.6 is 0 Å². The van der Waals surface area contributed by atoms with Crippen molar-refractivity contribution >= 4 is 22.6 Å². The summed E-state index contributed by atoms with van der Waals surface area (Å²) in [6.07, 6.45) is 0.846. The lowest BCUT2D eigenvalue weighted by molar-refractivity contribution is 0.112. The molecule has 0 radical (unpaired) electrons. The summed E-state index contributed by atoms with van der Waals surface area (Å²) >= 11 is 0. The maximum atomic E-state index is 13.2. The molecule has 112 valence electrons. The summed E-state index contributed by atoms with van der Waals surface area (Å²) in [5.74, 6) is -0.281. The minimum Gasteiger partial charge on any atom is -0.298 e. The van der Waals surface area contributed by atoms with Gasteiger partial charge in [-0.3, -0.25) is 4.79 Å². The number of carbonyl (C=O) groups is 1. The maximum Gasteiger partial charge on any atom is 0.154 e. The number of halogens is 1. The van der Waals surface area contributed by atoms with Gasteiger partial charge in [-0.1, -0.05) is 24.3 Å². The number of benzene rings is 2. The third-order valence-corrected chi connectivity index (χ3v) is 4.10. The molecule has 2 aromatic carbocycles. The third-order valence-electron chi connectivity index (χ3n) is 4.10. The lowest BCUT2D eigenvalue weighted by atomic mass is 10.0. The molecule has 0 N–H and O–H groups in total. The van der Waals surface area contributed by atoms with E-state index in [1.807, 2.05) is 37.3 Å². The summed E-state index contributed by atoms with van der Waals surface area (Å²) in [5.41, 5.74) is 3.73. The highest BCUT2D eigenvalue weighted by Gasteiger charge is 2.16. The zero-order chi connectivity index (χ0) is 16.0. The first-order valence-electron chi connectivity index (χ1n) is 7.31. The highest BCUT2D eigenvalue weighted by Crippen LogP contribution is 2.30. The summed E-state index contributed by atoms with van der Waals surface area (Å²) in [6, 6.07) is 16.2. The normalized spacial score (nSPS) is 11.2. The van der Waals surface area contributed by atoms with Crippen LogP contribution in [0, 0.1) is 12.7 Å². The number of fused-ring (bicyclic) bond motifs is 3. The molecule has 0 fully saturated rings. The SMILES string of the molecule is Cc1nn2c(-c3ccc(F)cc3)cc3ccccc3c2c1C=O. The highest BCUT2D eigenvalue weighted by molar-refractivity contribution is 6.05. The van der Waals surface area contributed by atoms with E-state index in [0.29, 0.717) is 11.3 Å². The fourth-order valence-electron chi connectivity index (χ4n) is 2.99. The second kappa shape index (κ2) is 5.02. The van der Waals surface area contributed by atoms with Crippen molar-refractivity contribution in [3.05, 3.63) is 71.7 Å². The Morgan fingerprint density at radius 2 is 1.83 bits per heavy atom. The van der Waals surface area contributed by atoms with E-state index < -0.39 is 0 Å². The molecule has 0 saturated carbocycles. The van der Waals surface area contributed by atoms with E-state index in [1.165, 1.54) is 12.1 Å². The van der Waals surface area contributed by atoms with Crippen LogP contribution in [0.2, 0.25) is 0 Å². The Labute approximate surface area is 132 Å². The molecule has 0 spiro atoms. The molecular formula is C19H13FN2O. The molecule has 3 nitrogen and oxygen atoms in total. The van der Waals surface area contributed by atoms with E-state index in [4.69, 9.17) is 0 Å². The molecule has 0 saturated heterocycles. The Morgan fingerprint density at radius 1 is 1.09 bits per heavy atom. The molecule has 4 aromatic rings. The van der Waals surface area contributed by atoms with Crippen molar-refractivity contribution in [2.45, 2.75) is 6.92 Å². The van der Waals surface area contributed by atoms with Gasteiger partial charge in [-0.2, -0.15) is 5.10 Å². The number of rotatable bonds is 2. The van der Waals surface area contributed by atoms with Crippen molar-refractivity contribution < 1.29 is 9.18 Å². The number of aryl methyl sites for hydroxylation is 1. The molecule has 4 heteroatoms. The van der Waals surface area contributed by atoms with Crippen molar-refractivity contribution in [1.29, 1.82) is 0 Å². The number of pyridine rings is 1. The Bertz CT molecular complexity index is 1050. The standard InChI is InChI=1S/C19H13FN2O/c1-12-17(11-23)19-16-5-3-2-4-14(16)10-18(22(19)21-12)13-6-8-15(20)9-7-13/h2-11H,1H3. The minimum atomic E-state index is -0.281. The Hall–Kier alpha value is -3.01. The van der Waals surface area contributed by atoms with E-state index in [0.717, 1.165) is 33.8 Å². The summed E-state index contributed by atoms with van der Waals surface area (Å²) in [7, 11) is 0. The van der Waals surface area contributed by atoms with Crippen LogP contribution < -0.4 is 0 Å². The number of hydrogen-bond acceptors (Lipinski definition) is 2. The van der Waals surface area contributed by atoms with Gasteiger partial charge in [0.25, 0.3) is 0 Å². The average molecular weight is 304 g/mol. The number of carbonyl (C=O) groups excluding carboxylic acids is 1. The van der Waals surface area contributed by atoms with Crippen molar-refractivity contribution in [3.63, 3.8) is 0 Å². The number of nitrogens with zero attached hydrogens (tertiary/aromatic N) is 2. The topological polar surface area (TPSA) is 34.4 Å². The van der Waals surface area contributed by atoms with Crippen LogP contribution in [0.4, 0.5) is 4.39 Å². The first-order valence-corrected chi connectivity index (χ1v) is 7.31. The van der Waals surface area contributed by atoms with Crippen LogP contribution in [0.5, 0.6) is 0 Å². The van der Waals surface area contributed by atoms with E-state index in [2.05, 4.69) is 5.10 Å². The van der Waals surface area contributed by atoms with Crippen molar-refractivity contribution in [2.24, 2.45) is 0 Å². The molecule has 2 aromatic heterocycles. The van der Waals surface area contributed by atoms with Gasteiger partial charge < -0.3 is 0 Å². The fraction of sp³-hybridized carbons (Fsp3) is 0.0526. The lowest BCUT2D eigenvalue weighted by Crippen LogP contribution is -1.96. The monoisotopic (exact) mass is 304 g/mol. The van der Waals surface area contributed by atoms with E-state index in [9.17, 15) is 9.18 Å². The van der Waals surface area contributed by atoms with Gasteiger partial charge in [0.1, 0.15) is 5.82 Å². The van der Waals surface area contributed by atoms with E-state index in [-0.39, 0.29) is 5.82 Å². The lowest BCUT2D eigenvalue weighted by Gasteiger charge is -2.09. The first-order chi connectivity index (χ1) is 11.2. The number of aromatic nitrogens is 2. The Morgan fingerprint density at radius 3 is 2.57 bits per heavy atom. The molecule has 0 unspecified atom stereocenters. The molecule has 23 heavy (non-hydrogen) atoms. The summed E-state index contributed by atoms with van der Waals surface area (Å²) < 4.78 is 15.0. The van der Waals surface area contributed by atoms with Gasteiger partial charge in [-0.15, -0.1) is 0 Å². The van der Waals surface area contributed by atoms with Gasteiger partial charge in [0.05, 0.1) is 22.5 Å². The molecule has 0 atom stereocenters. The van der Waals surface area contributed by atoms with E-state index >= 15 is 0 Å². The van der Waals surface area contributed by atoms with Crippen molar-refractivity contribution in [2.75, 3.05) is 0 Å². The predicted octanol–water partition coefficient (Wildman–Crippen LogP) is 4.41.